The second-order valence-corrected chi connectivity index (χ2v) is 6.47. The molecule has 0 heterocycles. The maximum Gasteiger partial charge on any atom is 0.326 e. The van der Waals surface area contributed by atoms with E-state index in [4.69, 9.17) is 0 Å². The normalized spacial score (nSPS) is 11.6. The molecule has 2 N–H and O–H groups in total. The Balaban J connectivity index is 1.70. The minimum atomic E-state index is -1.05. The summed E-state index contributed by atoms with van der Waals surface area (Å²) in [5.41, 5.74) is 4.36. The number of carboxylic acids is 1. The molecule has 0 amide bonds. The van der Waals surface area contributed by atoms with Crippen LogP contribution in [0.15, 0.2) is 78.9 Å². The van der Waals surface area contributed by atoms with E-state index in [0.717, 1.165) is 16.7 Å². The first-order valence-electron chi connectivity index (χ1n) is 8.77. The third-order valence-electron chi connectivity index (χ3n) is 4.39. The van der Waals surface area contributed by atoms with Gasteiger partial charge in [-0.05, 0) is 30.2 Å². The molecule has 0 spiro atoms. The third-order valence-corrected chi connectivity index (χ3v) is 4.39. The third kappa shape index (κ3) is 4.82. The van der Waals surface area contributed by atoms with Crippen LogP contribution in [-0.4, -0.2) is 22.9 Å². The molecule has 27 heavy (non-hydrogen) atoms. The predicted octanol–water partition coefficient (Wildman–Crippen LogP) is 4.80. The topological polar surface area (TPSA) is 66.4 Å². The fourth-order valence-electron chi connectivity index (χ4n) is 2.83. The zero-order valence-electron chi connectivity index (χ0n) is 15.1. The molecule has 3 aromatic rings. The van der Waals surface area contributed by atoms with Gasteiger partial charge in [0.15, 0.2) is 5.78 Å². The van der Waals surface area contributed by atoms with Gasteiger partial charge in [-0.2, -0.15) is 0 Å². The number of Topliss-reactive ketones (excluding diaryl/α,β-unsaturated/α-hetero) is 1. The molecule has 0 fully saturated rings. The van der Waals surface area contributed by atoms with Gasteiger partial charge in [-0.3, -0.25) is 4.79 Å². The molecule has 3 aromatic carbocycles. The number of ketones is 1. The first-order chi connectivity index (χ1) is 13.0. The average molecular weight is 359 g/mol. The maximum absolute atomic E-state index is 12.5. The molecule has 1 atom stereocenters. The quantitative estimate of drug-likeness (QED) is 0.595. The van der Waals surface area contributed by atoms with E-state index in [2.05, 4.69) is 5.32 Å². The van der Waals surface area contributed by atoms with Crippen molar-refractivity contribution in [2.24, 2.45) is 0 Å². The molecule has 136 valence electrons. The summed E-state index contributed by atoms with van der Waals surface area (Å²) in [4.78, 5) is 24.1. The molecule has 0 aliphatic carbocycles. The minimum absolute atomic E-state index is 0.117. The highest BCUT2D eigenvalue weighted by Crippen LogP contribution is 2.20. The number of rotatable bonds is 7. The van der Waals surface area contributed by atoms with Crippen molar-refractivity contribution in [3.63, 3.8) is 0 Å². The second-order valence-electron chi connectivity index (χ2n) is 6.47. The monoisotopic (exact) mass is 359 g/mol. The van der Waals surface area contributed by atoms with Gasteiger partial charge in [0.25, 0.3) is 0 Å². The van der Waals surface area contributed by atoms with E-state index in [1.54, 1.807) is 12.1 Å². The zero-order chi connectivity index (χ0) is 19.2. The van der Waals surface area contributed by atoms with E-state index in [9.17, 15) is 14.7 Å². The van der Waals surface area contributed by atoms with Crippen LogP contribution in [0.25, 0.3) is 11.1 Å². The number of carbonyl (C=O) groups is 2. The lowest BCUT2D eigenvalue weighted by Gasteiger charge is -2.15. The summed E-state index contributed by atoms with van der Waals surface area (Å²) in [6.07, 6.45) is -0.117. The Hall–Kier alpha value is -3.40. The average Bonchev–Trinajstić information content (AvgIpc) is 2.69. The number of anilines is 1. The van der Waals surface area contributed by atoms with Crippen molar-refractivity contribution in [3.05, 3.63) is 90.0 Å². The molecule has 0 saturated heterocycles. The highest BCUT2D eigenvalue weighted by molar-refractivity contribution is 5.99. The number of hydrogen-bond donors (Lipinski definition) is 2. The Morgan fingerprint density at radius 2 is 1.44 bits per heavy atom. The summed E-state index contributed by atoms with van der Waals surface area (Å²) in [7, 11) is 0. The summed E-state index contributed by atoms with van der Waals surface area (Å²) >= 11 is 0. The molecule has 4 nitrogen and oxygen atoms in total. The van der Waals surface area contributed by atoms with Crippen LogP contribution in [-0.2, 0) is 4.79 Å². The van der Waals surface area contributed by atoms with Crippen LogP contribution >= 0.6 is 0 Å². The summed E-state index contributed by atoms with van der Waals surface area (Å²) in [6.45, 7) is 1.96. The molecule has 3 rings (SSSR count). The molecule has 1 unspecified atom stereocenters. The highest BCUT2D eigenvalue weighted by atomic mass is 16.4. The molecular weight excluding hydrogens is 338 g/mol. The first kappa shape index (κ1) is 18.4. The standard InChI is InChI=1S/C23H21NO3/c1-16-7-13-20(14-8-16)24-21(23(26)27)15-22(25)19-11-9-18(10-12-19)17-5-3-2-4-6-17/h2-14,21,24H,15H2,1H3,(H,26,27). The Bertz CT molecular complexity index is 916. The zero-order valence-corrected chi connectivity index (χ0v) is 15.1. The lowest BCUT2D eigenvalue weighted by Crippen LogP contribution is -2.31. The summed E-state index contributed by atoms with van der Waals surface area (Å²) < 4.78 is 0. The summed E-state index contributed by atoms with van der Waals surface area (Å²) in [6, 6.07) is 23.6. The van der Waals surface area contributed by atoms with Crippen molar-refractivity contribution < 1.29 is 14.7 Å². The maximum atomic E-state index is 12.5. The van der Waals surface area contributed by atoms with Gasteiger partial charge in [0.1, 0.15) is 6.04 Å². The molecule has 0 radical (unpaired) electrons. The smallest absolute Gasteiger partial charge is 0.326 e. The van der Waals surface area contributed by atoms with Crippen molar-refractivity contribution in [2.75, 3.05) is 5.32 Å². The van der Waals surface area contributed by atoms with Crippen molar-refractivity contribution in [1.82, 2.24) is 0 Å². The van der Waals surface area contributed by atoms with Gasteiger partial charge in [-0.25, -0.2) is 4.79 Å². The van der Waals surface area contributed by atoms with Gasteiger partial charge in [-0.1, -0.05) is 72.3 Å². The Labute approximate surface area is 158 Å². The van der Waals surface area contributed by atoms with Crippen LogP contribution in [0.4, 0.5) is 5.69 Å². The number of carboxylic acid groups (broad SMARTS) is 1. The van der Waals surface area contributed by atoms with E-state index in [0.29, 0.717) is 11.3 Å². The number of aryl methyl sites for hydroxylation is 1. The summed E-state index contributed by atoms with van der Waals surface area (Å²) in [5.74, 6) is -1.26. The van der Waals surface area contributed by atoms with Crippen molar-refractivity contribution in [3.8, 4) is 11.1 Å². The first-order valence-corrected chi connectivity index (χ1v) is 8.77. The fourth-order valence-corrected chi connectivity index (χ4v) is 2.83. The van der Waals surface area contributed by atoms with E-state index in [1.807, 2.05) is 73.7 Å². The van der Waals surface area contributed by atoms with Gasteiger partial charge >= 0.3 is 5.97 Å². The molecule has 0 aromatic heterocycles. The van der Waals surface area contributed by atoms with Crippen LogP contribution in [0.5, 0.6) is 0 Å². The SMILES string of the molecule is Cc1ccc(NC(CC(=O)c2ccc(-c3ccccc3)cc2)C(=O)O)cc1. The van der Waals surface area contributed by atoms with Crippen LogP contribution in [0, 0.1) is 6.92 Å². The molecule has 0 aliphatic rings. The largest absolute Gasteiger partial charge is 0.480 e. The number of hydrogen-bond acceptors (Lipinski definition) is 3. The van der Waals surface area contributed by atoms with Crippen LogP contribution in [0.3, 0.4) is 0 Å². The van der Waals surface area contributed by atoms with Crippen molar-refractivity contribution in [2.45, 2.75) is 19.4 Å². The lowest BCUT2D eigenvalue weighted by atomic mass is 9.99. The number of carbonyl (C=O) groups excluding carboxylic acids is 1. The van der Waals surface area contributed by atoms with Gasteiger partial charge < -0.3 is 10.4 Å². The second kappa shape index (κ2) is 8.32. The van der Waals surface area contributed by atoms with Gasteiger partial charge in [0, 0.05) is 17.7 Å². The number of benzene rings is 3. The Morgan fingerprint density at radius 3 is 2.04 bits per heavy atom. The fraction of sp³-hybridized carbons (Fsp3) is 0.130. The van der Waals surface area contributed by atoms with Gasteiger partial charge in [-0.15, -0.1) is 0 Å². The molecule has 4 heteroatoms. The van der Waals surface area contributed by atoms with E-state index >= 15 is 0 Å². The van der Waals surface area contributed by atoms with E-state index in [1.165, 1.54) is 0 Å². The highest BCUT2D eigenvalue weighted by Gasteiger charge is 2.22. The van der Waals surface area contributed by atoms with E-state index in [-0.39, 0.29) is 12.2 Å². The van der Waals surface area contributed by atoms with Gasteiger partial charge in [0.05, 0.1) is 0 Å². The van der Waals surface area contributed by atoms with Crippen LogP contribution in [0.2, 0.25) is 0 Å². The minimum Gasteiger partial charge on any atom is -0.480 e. The Morgan fingerprint density at radius 1 is 0.852 bits per heavy atom. The Kier molecular flexibility index (Phi) is 5.67. The molecule has 0 aliphatic heterocycles. The molecule has 0 saturated carbocycles. The summed E-state index contributed by atoms with van der Waals surface area (Å²) in [5, 5.41) is 12.4. The molecule has 0 bridgehead atoms. The number of aliphatic carboxylic acids is 1. The lowest BCUT2D eigenvalue weighted by molar-refractivity contribution is -0.137. The van der Waals surface area contributed by atoms with Crippen LogP contribution in [0.1, 0.15) is 22.3 Å². The number of nitrogens with one attached hydrogen (secondary N) is 1. The van der Waals surface area contributed by atoms with Gasteiger partial charge in [0.2, 0.25) is 0 Å². The van der Waals surface area contributed by atoms with Crippen molar-refractivity contribution >= 4 is 17.4 Å². The van der Waals surface area contributed by atoms with E-state index < -0.39 is 12.0 Å². The molecular formula is C23H21NO3. The van der Waals surface area contributed by atoms with Crippen LogP contribution < -0.4 is 5.32 Å². The predicted molar refractivity (Wildman–Crippen MR) is 107 cm³/mol. The van der Waals surface area contributed by atoms with Crippen molar-refractivity contribution in [1.29, 1.82) is 0 Å².